The van der Waals surface area contributed by atoms with Crippen LogP contribution in [0.1, 0.15) is 92.2 Å². The van der Waals surface area contributed by atoms with Gasteiger partial charge in [-0.25, -0.2) is 0 Å². The number of ether oxygens (including phenoxy) is 2. The molecule has 3 heteroatoms. The topological polar surface area (TPSA) is 35.5 Å². The first-order chi connectivity index (χ1) is 15.1. The molecule has 2 atom stereocenters. The first kappa shape index (κ1) is 26.0. The van der Waals surface area contributed by atoms with Gasteiger partial charge in [-0.05, 0) is 74.4 Å². The lowest BCUT2D eigenvalue weighted by molar-refractivity contribution is -0.137. The molecule has 0 radical (unpaired) electrons. The van der Waals surface area contributed by atoms with Gasteiger partial charge in [-0.15, -0.1) is 0 Å². The molecule has 0 aromatic heterocycles. The van der Waals surface area contributed by atoms with Crippen LogP contribution in [0.25, 0.3) is 0 Å². The standard InChI is InChI=1S/C29H42O3/c1-9-22(6)20-29(11-3,23-12-16-25(17-13-23)31-27(30)21(4)5)24-14-18-26(19-15-24)32-28(7,8)10-2/h12-19,21-22H,9-11,20H2,1-8H3. The van der Waals surface area contributed by atoms with Crippen molar-refractivity contribution in [1.29, 1.82) is 0 Å². The lowest BCUT2D eigenvalue weighted by atomic mass is 9.67. The molecule has 0 amide bonds. The summed E-state index contributed by atoms with van der Waals surface area (Å²) in [5.74, 6) is 1.75. The van der Waals surface area contributed by atoms with Crippen molar-refractivity contribution in [1.82, 2.24) is 0 Å². The van der Waals surface area contributed by atoms with Crippen LogP contribution in [-0.4, -0.2) is 11.6 Å². The maximum absolute atomic E-state index is 12.0. The van der Waals surface area contributed by atoms with E-state index in [4.69, 9.17) is 9.47 Å². The van der Waals surface area contributed by atoms with Crippen LogP contribution in [0.5, 0.6) is 11.5 Å². The highest BCUT2D eigenvalue weighted by atomic mass is 16.5. The largest absolute Gasteiger partial charge is 0.488 e. The molecular formula is C29H42O3. The molecule has 0 aliphatic heterocycles. The molecule has 0 bridgehead atoms. The van der Waals surface area contributed by atoms with Gasteiger partial charge in [0.05, 0.1) is 5.92 Å². The maximum Gasteiger partial charge on any atom is 0.313 e. The van der Waals surface area contributed by atoms with Crippen LogP contribution in [0.3, 0.4) is 0 Å². The molecule has 0 aliphatic rings. The van der Waals surface area contributed by atoms with E-state index >= 15 is 0 Å². The van der Waals surface area contributed by atoms with E-state index in [0.29, 0.717) is 11.7 Å². The number of hydrogen-bond acceptors (Lipinski definition) is 3. The molecule has 32 heavy (non-hydrogen) atoms. The number of carbonyl (C=O) groups is 1. The Kier molecular flexibility index (Phi) is 8.95. The first-order valence-electron chi connectivity index (χ1n) is 12.2. The molecule has 176 valence electrons. The van der Waals surface area contributed by atoms with Gasteiger partial charge in [-0.1, -0.05) is 72.2 Å². The van der Waals surface area contributed by atoms with E-state index in [1.54, 1.807) is 0 Å². The van der Waals surface area contributed by atoms with Gasteiger partial charge in [0, 0.05) is 5.41 Å². The Labute approximate surface area is 195 Å². The third-order valence-corrected chi connectivity index (χ3v) is 6.75. The highest BCUT2D eigenvalue weighted by molar-refractivity contribution is 5.74. The Morgan fingerprint density at radius 1 is 0.812 bits per heavy atom. The number of rotatable bonds is 11. The van der Waals surface area contributed by atoms with Gasteiger partial charge in [0.25, 0.3) is 0 Å². The Hall–Kier alpha value is -2.29. The zero-order valence-electron chi connectivity index (χ0n) is 21.3. The minimum absolute atomic E-state index is 0.102. The summed E-state index contributed by atoms with van der Waals surface area (Å²) < 4.78 is 11.7. The van der Waals surface area contributed by atoms with E-state index in [1.807, 2.05) is 26.0 Å². The lowest BCUT2D eigenvalue weighted by Gasteiger charge is -2.37. The first-order valence-corrected chi connectivity index (χ1v) is 12.2. The summed E-state index contributed by atoms with van der Waals surface area (Å²) in [6, 6.07) is 16.8. The van der Waals surface area contributed by atoms with Crippen molar-refractivity contribution in [3.05, 3.63) is 59.7 Å². The predicted octanol–water partition coefficient (Wildman–Crippen LogP) is 7.95. The van der Waals surface area contributed by atoms with Gasteiger partial charge in [0.2, 0.25) is 0 Å². The Morgan fingerprint density at radius 3 is 1.72 bits per heavy atom. The summed E-state index contributed by atoms with van der Waals surface area (Å²) in [4.78, 5) is 12.0. The number of benzene rings is 2. The maximum atomic E-state index is 12.0. The highest BCUT2D eigenvalue weighted by Gasteiger charge is 2.34. The molecule has 0 saturated heterocycles. The van der Waals surface area contributed by atoms with Crippen molar-refractivity contribution in [3.8, 4) is 11.5 Å². The quantitative estimate of drug-likeness (QED) is 0.264. The lowest BCUT2D eigenvalue weighted by Crippen LogP contribution is -2.30. The summed E-state index contributed by atoms with van der Waals surface area (Å²) >= 11 is 0. The highest BCUT2D eigenvalue weighted by Crippen LogP contribution is 2.43. The average molecular weight is 439 g/mol. The molecule has 3 nitrogen and oxygen atoms in total. The van der Waals surface area contributed by atoms with Crippen LogP contribution in [0.2, 0.25) is 0 Å². The van der Waals surface area contributed by atoms with Crippen molar-refractivity contribution in [3.63, 3.8) is 0 Å². The third kappa shape index (κ3) is 6.37. The Bertz CT molecular complexity index is 849. The van der Waals surface area contributed by atoms with Crippen molar-refractivity contribution in [2.75, 3.05) is 0 Å². The summed E-state index contributed by atoms with van der Waals surface area (Å²) in [5, 5.41) is 0. The van der Waals surface area contributed by atoms with Crippen LogP contribution < -0.4 is 9.47 Å². The summed E-state index contributed by atoms with van der Waals surface area (Å²) in [6.07, 6.45) is 4.14. The normalized spacial score (nSPS) is 14.7. The van der Waals surface area contributed by atoms with Gasteiger partial charge in [-0.2, -0.15) is 0 Å². The second kappa shape index (κ2) is 11.0. The molecule has 0 aliphatic carbocycles. The van der Waals surface area contributed by atoms with Crippen LogP contribution >= 0.6 is 0 Å². The molecule has 0 heterocycles. The van der Waals surface area contributed by atoms with E-state index in [0.717, 1.165) is 31.4 Å². The zero-order chi connectivity index (χ0) is 23.9. The smallest absolute Gasteiger partial charge is 0.313 e. The van der Waals surface area contributed by atoms with E-state index in [9.17, 15) is 4.79 Å². The summed E-state index contributed by atoms with van der Waals surface area (Å²) in [5.41, 5.74) is 2.28. The van der Waals surface area contributed by atoms with Gasteiger partial charge in [0.1, 0.15) is 17.1 Å². The van der Waals surface area contributed by atoms with Crippen LogP contribution in [0.15, 0.2) is 48.5 Å². The van der Waals surface area contributed by atoms with Gasteiger partial charge >= 0.3 is 5.97 Å². The fourth-order valence-corrected chi connectivity index (χ4v) is 4.00. The SMILES string of the molecule is CCC(C)CC(CC)(c1ccc(OC(=O)C(C)C)cc1)c1ccc(OC(C)(C)CC)cc1. The molecule has 0 fully saturated rings. The molecule has 0 N–H and O–H groups in total. The number of carbonyl (C=O) groups excluding carboxylic acids is 1. The van der Waals surface area contributed by atoms with E-state index in [2.05, 4.69) is 77.9 Å². The van der Waals surface area contributed by atoms with E-state index in [-0.39, 0.29) is 22.9 Å². The number of esters is 1. The second-order valence-electron chi connectivity index (χ2n) is 9.99. The molecule has 2 aromatic rings. The van der Waals surface area contributed by atoms with Crippen LogP contribution in [-0.2, 0) is 10.2 Å². The molecule has 2 rings (SSSR count). The van der Waals surface area contributed by atoms with Crippen LogP contribution in [0.4, 0.5) is 0 Å². The summed E-state index contributed by atoms with van der Waals surface area (Å²) in [7, 11) is 0. The third-order valence-electron chi connectivity index (χ3n) is 6.75. The minimum Gasteiger partial charge on any atom is -0.488 e. The Balaban J connectivity index is 2.42. The molecule has 2 unspecified atom stereocenters. The Morgan fingerprint density at radius 2 is 1.31 bits per heavy atom. The molecule has 2 aromatic carbocycles. The average Bonchev–Trinajstić information content (AvgIpc) is 2.78. The van der Waals surface area contributed by atoms with Gasteiger partial charge in [-0.3, -0.25) is 4.79 Å². The van der Waals surface area contributed by atoms with Gasteiger partial charge < -0.3 is 9.47 Å². The monoisotopic (exact) mass is 438 g/mol. The molecular weight excluding hydrogens is 396 g/mol. The molecule has 0 spiro atoms. The predicted molar refractivity (Wildman–Crippen MR) is 133 cm³/mol. The number of hydrogen-bond donors (Lipinski definition) is 0. The minimum atomic E-state index is -0.204. The van der Waals surface area contributed by atoms with Crippen molar-refractivity contribution >= 4 is 5.97 Å². The van der Waals surface area contributed by atoms with Gasteiger partial charge in [0.15, 0.2) is 0 Å². The van der Waals surface area contributed by atoms with E-state index < -0.39 is 0 Å². The van der Waals surface area contributed by atoms with Crippen LogP contribution in [0, 0.1) is 11.8 Å². The van der Waals surface area contributed by atoms with Crippen molar-refractivity contribution < 1.29 is 14.3 Å². The van der Waals surface area contributed by atoms with Crippen molar-refractivity contribution in [2.45, 2.75) is 92.1 Å². The fraction of sp³-hybridized carbons (Fsp3) is 0.552. The second-order valence-corrected chi connectivity index (χ2v) is 9.99. The fourth-order valence-electron chi connectivity index (χ4n) is 4.00. The van der Waals surface area contributed by atoms with E-state index in [1.165, 1.54) is 11.1 Å². The van der Waals surface area contributed by atoms with Crippen molar-refractivity contribution in [2.24, 2.45) is 11.8 Å². The summed E-state index contributed by atoms with van der Waals surface area (Å²) in [6.45, 7) is 16.9. The zero-order valence-corrected chi connectivity index (χ0v) is 21.3. The molecule has 0 saturated carbocycles.